The highest BCUT2D eigenvalue weighted by Gasteiger charge is 2.36. The lowest BCUT2D eigenvalue weighted by Gasteiger charge is -2.29. The van der Waals surface area contributed by atoms with Gasteiger partial charge in [0.05, 0.1) is 5.92 Å². The highest BCUT2D eigenvalue weighted by atomic mass is 35.5. The van der Waals surface area contributed by atoms with Crippen molar-refractivity contribution in [2.45, 2.75) is 25.7 Å². The minimum Gasteiger partial charge on any atom is -0.481 e. The maximum atomic E-state index is 12.5. The summed E-state index contributed by atoms with van der Waals surface area (Å²) in [6.45, 7) is 1.30. The van der Waals surface area contributed by atoms with E-state index in [0.717, 1.165) is 17.0 Å². The van der Waals surface area contributed by atoms with Crippen LogP contribution in [0.15, 0.2) is 30.3 Å². The second-order valence-corrected chi connectivity index (χ2v) is 6.75. The fourth-order valence-electron chi connectivity index (χ4n) is 3.48. The van der Waals surface area contributed by atoms with E-state index < -0.39 is 5.97 Å². The maximum absolute atomic E-state index is 12.5. The van der Waals surface area contributed by atoms with Gasteiger partial charge < -0.3 is 10.0 Å². The van der Waals surface area contributed by atoms with Crippen molar-refractivity contribution in [2.24, 2.45) is 11.8 Å². The lowest BCUT2D eigenvalue weighted by molar-refractivity contribution is -0.141. The molecular weight excluding hydrogens is 314 g/mol. The largest absolute Gasteiger partial charge is 0.481 e. The van der Waals surface area contributed by atoms with E-state index in [-0.39, 0.29) is 17.7 Å². The van der Waals surface area contributed by atoms with E-state index in [4.69, 9.17) is 16.7 Å². The van der Waals surface area contributed by atoms with Crippen molar-refractivity contribution in [2.75, 3.05) is 13.1 Å². The number of hydrogen-bond acceptors (Lipinski definition) is 2. The molecular formula is C18H20ClNO3. The second kappa shape index (κ2) is 6.75. The van der Waals surface area contributed by atoms with Gasteiger partial charge in [0.1, 0.15) is 0 Å². The summed E-state index contributed by atoms with van der Waals surface area (Å²) >= 11 is 5.91. The molecule has 1 aliphatic heterocycles. The van der Waals surface area contributed by atoms with Gasteiger partial charge in [-0.25, -0.2) is 0 Å². The molecule has 1 fully saturated rings. The fourth-order valence-corrected chi connectivity index (χ4v) is 3.61. The highest BCUT2D eigenvalue weighted by Crippen LogP contribution is 2.33. The molecule has 1 saturated carbocycles. The Morgan fingerprint density at radius 3 is 2.39 bits per heavy atom. The Morgan fingerprint density at radius 2 is 1.83 bits per heavy atom. The summed E-state index contributed by atoms with van der Waals surface area (Å²) < 4.78 is 0. The molecule has 3 rings (SSSR count). The van der Waals surface area contributed by atoms with Crippen molar-refractivity contribution >= 4 is 29.1 Å². The third kappa shape index (κ3) is 3.58. The maximum Gasteiger partial charge on any atom is 0.306 e. The minimum absolute atomic E-state index is 0.111. The number of carbonyl (C=O) groups is 2. The Kier molecular flexibility index (Phi) is 4.71. The van der Waals surface area contributed by atoms with Crippen LogP contribution in [-0.4, -0.2) is 35.0 Å². The van der Waals surface area contributed by atoms with Crippen molar-refractivity contribution in [3.05, 3.63) is 40.9 Å². The molecule has 0 bridgehead atoms. The van der Waals surface area contributed by atoms with Gasteiger partial charge in [-0.1, -0.05) is 29.8 Å². The van der Waals surface area contributed by atoms with E-state index in [0.29, 0.717) is 32.4 Å². The van der Waals surface area contributed by atoms with E-state index >= 15 is 0 Å². The first kappa shape index (κ1) is 16.1. The Hall–Kier alpha value is -1.81. The van der Waals surface area contributed by atoms with E-state index in [2.05, 4.69) is 6.08 Å². The van der Waals surface area contributed by atoms with E-state index in [1.54, 1.807) is 0 Å². The Bertz CT molecular complexity index is 638. The molecule has 1 amide bonds. The van der Waals surface area contributed by atoms with Crippen molar-refractivity contribution in [1.82, 2.24) is 4.90 Å². The van der Waals surface area contributed by atoms with Crippen LogP contribution in [0, 0.1) is 11.8 Å². The van der Waals surface area contributed by atoms with Gasteiger partial charge in [0.2, 0.25) is 5.91 Å². The van der Waals surface area contributed by atoms with Crippen molar-refractivity contribution in [1.29, 1.82) is 0 Å². The third-order valence-electron chi connectivity index (χ3n) is 4.87. The van der Waals surface area contributed by atoms with E-state index in [9.17, 15) is 9.59 Å². The molecule has 1 aliphatic carbocycles. The Morgan fingerprint density at radius 1 is 1.13 bits per heavy atom. The number of carbonyl (C=O) groups excluding carboxylic acids is 1. The summed E-state index contributed by atoms with van der Waals surface area (Å²) in [5.74, 6) is -1.14. The number of rotatable bonds is 3. The lowest BCUT2D eigenvalue weighted by Crippen LogP contribution is -2.38. The molecule has 2 atom stereocenters. The van der Waals surface area contributed by atoms with Crippen LogP contribution in [-0.2, 0) is 9.59 Å². The topological polar surface area (TPSA) is 57.6 Å². The van der Waals surface area contributed by atoms with Crippen LogP contribution in [0.4, 0.5) is 0 Å². The van der Waals surface area contributed by atoms with Crippen LogP contribution in [0.1, 0.15) is 31.2 Å². The molecule has 1 N–H and O–H groups in total. The van der Waals surface area contributed by atoms with E-state index in [1.165, 1.54) is 5.57 Å². The first-order valence-corrected chi connectivity index (χ1v) is 8.39. The molecule has 1 aromatic carbocycles. The summed E-state index contributed by atoms with van der Waals surface area (Å²) in [5, 5.41) is 9.78. The van der Waals surface area contributed by atoms with Crippen molar-refractivity contribution in [3.8, 4) is 0 Å². The number of benzene rings is 1. The molecule has 1 heterocycles. The van der Waals surface area contributed by atoms with Crippen molar-refractivity contribution < 1.29 is 14.7 Å². The zero-order chi connectivity index (χ0) is 16.4. The van der Waals surface area contributed by atoms with Crippen LogP contribution in [0.5, 0.6) is 0 Å². The van der Waals surface area contributed by atoms with Gasteiger partial charge in [0, 0.05) is 24.0 Å². The predicted octanol–water partition coefficient (Wildman–Crippen LogP) is 3.46. The SMILES string of the molecule is O=C(O)[C@@H]1CC[C@H](C(=O)N2CC=C(c3ccc(Cl)cc3)CC2)C1. The number of hydrogen-bond donors (Lipinski definition) is 1. The smallest absolute Gasteiger partial charge is 0.306 e. The summed E-state index contributed by atoms with van der Waals surface area (Å²) in [4.78, 5) is 25.4. The first-order chi connectivity index (χ1) is 11.0. The van der Waals surface area contributed by atoms with E-state index in [1.807, 2.05) is 29.2 Å². The predicted molar refractivity (Wildman–Crippen MR) is 89.1 cm³/mol. The average molecular weight is 334 g/mol. The zero-order valence-electron chi connectivity index (χ0n) is 12.9. The van der Waals surface area contributed by atoms with Crippen LogP contribution >= 0.6 is 11.6 Å². The standard InChI is InChI=1S/C18H20ClNO3/c19-16-5-3-12(4-6-16)13-7-9-20(10-8-13)17(21)14-1-2-15(11-14)18(22)23/h3-7,14-15H,1-2,8-11H2,(H,22,23)/t14-,15+/m0/s1. The zero-order valence-corrected chi connectivity index (χ0v) is 13.6. The van der Waals surface area contributed by atoms with Gasteiger partial charge in [-0.2, -0.15) is 0 Å². The molecule has 5 heteroatoms. The van der Waals surface area contributed by atoms with Gasteiger partial charge in [-0.15, -0.1) is 0 Å². The average Bonchev–Trinajstić information content (AvgIpc) is 3.05. The first-order valence-electron chi connectivity index (χ1n) is 8.01. The molecule has 122 valence electrons. The summed E-state index contributed by atoms with van der Waals surface area (Å²) in [6.07, 6.45) is 4.71. The number of amides is 1. The molecule has 0 saturated heterocycles. The molecule has 1 aromatic rings. The summed E-state index contributed by atoms with van der Waals surface area (Å²) in [6, 6.07) is 7.75. The number of aliphatic carboxylic acids is 1. The van der Waals surface area contributed by atoms with Crippen LogP contribution in [0.25, 0.3) is 5.57 Å². The van der Waals surface area contributed by atoms with Gasteiger partial charge in [-0.3, -0.25) is 9.59 Å². The number of halogens is 1. The monoisotopic (exact) mass is 333 g/mol. The molecule has 0 aromatic heterocycles. The summed E-state index contributed by atoms with van der Waals surface area (Å²) in [7, 11) is 0. The molecule has 4 nitrogen and oxygen atoms in total. The molecule has 0 spiro atoms. The molecule has 0 unspecified atom stereocenters. The van der Waals surface area contributed by atoms with Crippen molar-refractivity contribution in [3.63, 3.8) is 0 Å². The van der Waals surface area contributed by atoms with Crippen LogP contribution in [0.2, 0.25) is 5.02 Å². The van der Waals surface area contributed by atoms with Crippen LogP contribution < -0.4 is 0 Å². The van der Waals surface area contributed by atoms with Gasteiger partial charge in [-0.05, 0) is 49.0 Å². The lowest BCUT2D eigenvalue weighted by atomic mass is 9.98. The number of carboxylic acids is 1. The second-order valence-electron chi connectivity index (χ2n) is 6.32. The highest BCUT2D eigenvalue weighted by molar-refractivity contribution is 6.30. The molecule has 2 aliphatic rings. The fraction of sp³-hybridized carbons (Fsp3) is 0.444. The molecule has 0 radical (unpaired) electrons. The van der Waals surface area contributed by atoms with Crippen LogP contribution in [0.3, 0.4) is 0 Å². The third-order valence-corrected chi connectivity index (χ3v) is 5.12. The van der Waals surface area contributed by atoms with Gasteiger partial charge >= 0.3 is 5.97 Å². The Balaban J connectivity index is 1.61. The minimum atomic E-state index is -0.774. The number of carboxylic acid groups (broad SMARTS) is 1. The normalized spacial score (nSPS) is 24.4. The quantitative estimate of drug-likeness (QED) is 0.921. The number of nitrogens with zero attached hydrogens (tertiary/aromatic N) is 1. The summed E-state index contributed by atoms with van der Waals surface area (Å²) in [5.41, 5.74) is 2.38. The Labute approximate surface area is 140 Å². The van der Waals surface area contributed by atoms with Gasteiger partial charge in [0.25, 0.3) is 0 Å². The van der Waals surface area contributed by atoms with Gasteiger partial charge in [0.15, 0.2) is 0 Å². The molecule has 23 heavy (non-hydrogen) atoms.